The van der Waals surface area contributed by atoms with Crippen LogP contribution in [0.25, 0.3) is 17.0 Å². The van der Waals surface area contributed by atoms with Gasteiger partial charge >= 0.3 is 0 Å². The van der Waals surface area contributed by atoms with Gasteiger partial charge in [-0.25, -0.2) is 9.97 Å². The van der Waals surface area contributed by atoms with E-state index in [-0.39, 0.29) is 6.61 Å². The number of fused-ring (bicyclic) bond motifs is 1. The molecule has 0 aliphatic carbocycles. The number of benzene rings is 1. The lowest BCUT2D eigenvalue weighted by molar-refractivity contribution is 0.276. The first-order chi connectivity index (χ1) is 8.78. The fourth-order valence-corrected chi connectivity index (χ4v) is 1.81. The minimum Gasteiger partial charge on any atom is -0.390 e. The lowest BCUT2D eigenvalue weighted by Gasteiger charge is -2.03. The number of rotatable bonds is 2. The highest BCUT2D eigenvalue weighted by molar-refractivity contribution is 5.75. The van der Waals surface area contributed by atoms with E-state index in [0.29, 0.717) is 11.6 Å². The molecule has 2 heterocycles. The Morgan fingerprint density at radius 2 is 2.06 bits per heavy atom. The standard InChI is InChI=1S/C12H11N5O/c1-8-6-9(7-18)14-12(13-8)17-11-5-3-2-4-10(11)15-16-17/h2-6,18H,7H2,1H3. The van der Waals surface area contributed by atoms with Gasteiger partial charge in [-0.3, -0.25) is 0 Å². The van der Waals surface area contributed by atoms with E-state index in [1.54, 1.807) is 10.7 Å². The van der Waals surface area contributed by atoms with Crippen LogP contribution >= 0.6 is 0 Å². The first-order valence-corrected chi connectivity index (χ1v) is 5.54. The minimum absolute atomic E-state index is 0.122. The number of aliphatic hydroxyl groups is 1. The summed E-state index contributed by atoms with van der Waals surface area (Å²) in [5.41, 5.74) is 2.97. The molecule has 3 aromatic rings. The van der Waals surface area contributed by atoms with E-state index in [9.17, 15) is 0 Å². The SMILES string of the molecule is Cc1cc(CO)nc(-n2nnc3ccccc32)n1. The van der Waals surface area contributed by atoms with Crippen molar-refractivity contribution in [2.45, 2.75) is 13.5 Å². The van der Waals surface area contributed by atoms with Gasteiger partial charge in [0.15, 0.2) is 0 Å². The summed E-state index contributed by atoms with van der Waals surface area (Å²) >= 11 is 0. The Balaban J connectivity index is 2.22. The molecule has 0 radical (unpaired) electrons. The fourth-order valence-electron chi connectivity index (χ4n) is 1.81. The molecule has 0 spiro atoms. The van der Waals surface area contributed by atoms with Crippen LogP contribution in [0.5, 0.6) is 0 Å². The number of aryl methyl sites for hydroxylation is 1. The Morgan fingerprint density at radius 1 is 1.22 bits per heavy atom. The van der Waals surface area contributed by atoms with Crippen LogP contribution in [0.3, 0.4) is 0 Å². The van der Waals surface area contributed by atoms with Gasteiger partial charge in [0.1, 0.15) is 5.52 Å². The molecule has 2 aromatic heterocycles. The molecule has 6 heteroatoms. The van der Waals surface area contributed by atoms with Gasteiger partial charge in [0.25, 0.3) is 5.95 Å². The number of aliphatic hydroxyl groups excluding tert-OH is 1. The van der Waals surface area contributed by atoms with E-state index in [1.165, 1.54) is 0 Å². The summed E-state index contributed by atoms with van der Waals surface area (Å²) in [7, 11) is 0. The smallest absolute Gasteiger partial charge is 0.253 e. The largest absolute Gasteiger partial charge is 0.390 e. The summed E-state index contributed by atoms with van der Waals surface area (Å²) in [5, 5.41) is 17.3. The second kappa shape index (κ2) is 4.15. The summed E-state index contributed by atoms with van der Waals surface area (Å²) in [5.74, 6) is 0.424. The maximum Gasteiger partial charge on any atom is 0.253 e. The van der Waals surface area contributed by atoms with E-state index in [1.807, 2.05) is 31.2 Å². The molecular formula is C12H11N5O. The van der Waals surface area contributed by atoms with Gasteiger partial charge in [0.2, 0.25) is 0 Å². The van der Waals surface area contributed by atoms with Gasteiger partial charge in [0.05, 0.1) is 17.8 Å². The highest BCUT2D eigenvalue weighted by Crippen LogP contribution is 2.13. The van der Waals surface area contributed by atoms with E-state index >= 15 is 0 Å². The molecule has 0 unspecified atom stereocenters. The number of nitrogens with zero attached hydrogens (tertiary/aromatic N) is 5. The predicted molar refractivity (Wildman–Crippen MR) is 65.1 cm³/mol. The summed E-state index contributed by atoms with van der Waals surface area (Å²) in [4.78, 5) is 8.56. The quantitative estimate of drug-likeness (QED) is 0.724. The van der Waals surface area contributed by atoms with Gasteiger partial charge in [-0.1, -0.05) is 17.3 Å². The average molecular weight is 241 g/mol. The summed E-state index contributed by atoms with van der Waals surface area (Å²) in [6.07, 6.45) is 0. The van der Waals surface area contributed by atoms with Crippen LogP contribution in [-0.2, 0) is 6.61 Å². The normalized spacial score (nSPS) is 11.0. The molecule has 1 aromatic carbocycles. The Morgan fingerprint density at radius 3 is 2.89 bits per heavy atom. The van der Waals surface area contributed by atoms with E-state index < -0.39 is 0 Å². The van der Waals surface area contributed by atoms with Gasteiger partial charge in [0, 0.05) is 5.69 Å². The van der Waals surface area contributed by atoms with E-state index in [4.69, 9.17) is 5.11 Å². The predicted octanol–water partition coefficient (Wildman–Crippen LogP) is 1.01. The van der Waals surface area contributed by atoms with Crippen LogP contribution in [-0.4, -0.2) is 30.1 Å². The molecule has 0 atom stereocenters. The molecule has 0 aliphatic rings. The molecule has 1 N–H and O–H groups in total. The van der Waals surface area contributed by atoms with Gasteiger partial charge < -0.3 is 5.11 Å². The first kappa shape index (κ1) is 10.8. The highest BCUT2D eigenvalue weighted by atomic mass is 16.3. The Labute approximate surface area is 103 Å². The lowest BCUT2D eigenvalue weighted by Crippen LogP contribution is -2.06. The third-order valence-electron chi connectivity index (χ3n) is 2.60. The summed E-state index contributed by atoms with van der Waals surface area (Å²) in [6.45, 7) is 1.73. The maximum absolute atomic E-state index is 9.16. The Hall–Kier alpha value is -2.34. The van der Waals surface area contributed by atoms with Crippen LogP contribution in [0.1, 0.15) is 11.4 Å². The van der Waals surface area contributed by atoms with Crippen molar-refractivity contribution in [1.82, 2.24) is 25.0 Å². The van der Waals surface area contributed by atoms with Crippen molar-refractivity contribution in [3.63, 3.8) is 0 Å². The zero-order valence-electron chi connectivity index (χ0n) is 9.78. The van der Waals surface area contributed by atoms with Crippen molar-refractivity contribution < 1.29 is 5.11 Å². The van der Waals surface area contributed by atoms with Gasteiger partial charge in [-0.05, 0) is 25.1 Å². The molecule has 6 nitrogen and oxygen atoms in total. The number of hydrogen-bond donors (Lipinski definition) is 1. The van der Waals surface area contributed by atoms with E-state index in [0.717, 1.165) is 16.7 Å². The zero-order valence-corrected chi connectivity index (χ0v) is 9.78. The zero-order chi connectivity index (χ0) is 12.5. The molecule has 0 fully saturated rings. The molecule has 0 bridgehead atoms. The lowest BCUT2D eigenvalue weighted by atomic mass is 10.3. The van der Waals surface area contributed by atoms with Crippen LogP contribution < -0.4 is 0 Å². The summed E-state index contributed by atoms with van der Waals surface area (Å²) < 4.78 is 1.57. The van der Waals surface area contributed by atoms with Crippen molar-refractivity contribution in [3.8, 4) is 5.95 Å². The van der Waals surface area contributed by atoms with E-state index in [2.05, 4.69) is 20.3 Å². The minimum atomic E-state index is -0.122. The second-order valence-electron chi connectivity index (χ2n) is 3.95. The molecule has 18 heavy (non-hydrogen) atoms. The molecule has 0 saturated heterocycles. The van der Waals surface area contributed by atoms with Crippen molar-refractivity contribution in [1.29, 1.82) is 0 Å². The van der Waals surface area contributed by atoms with Gasteiger partial charge in [-0.15, -0.1) is 5.10 Å². The third kappa shape index (κ3) is 1.72. The third-order valence-corrected chi connectivity index (χ3v) is 2.60. The molecule has 0 amide bonds. The fraction of sp³-hybridized carbons (Fsp3) is 0.167. The van der Waals surface area contributed by atoms with Crippen molar-refractivity contribution in [3.05, 3.63) is 41.7 Å². The van der Waals surface area contributed by atoms with Crippen LogP contribution in [0.15, 0.2) is 30.3 Å². The van der Waals surface area contributed by atoms with Crippen LogP contribution in [0.4, 0.5) is 0 Å². The number of hydrogen-bond acceptors (Lipinski definition) is 5. The van der Waals surface area contributed by atoms with Crippen LogP contribution in [0, 0.1) is 6.92 Å². The molecular weight excluding hydrogens is 230 g/mol. The van der Waals surface area contributed by atoms with Crippen molar-refractivity contribution in [2.75, 3.05) is 0 Å². The first-order valence-electron chi connectivity index (χ1n) is 5.54. The topological polar surface area (TPSA) is 76.7 Å². The second-order valence-corrected chi connectivity index (χ2v) is 3.95. The molecule has 90 valence electrons. The highest BCUT2D eigenvalue weighted by Gasteiger charge is 2.09. The maximum atomic E-state index is 9.16. The Bertz CT molecular complexity index is 707. The molecule has 0 saturated carbocycles. The average Bonchev–Trinajstić information content (AvgIpc) is 2.81. The Kier molecular flexibility index (Phi) is 2.49. The summed E-state index contributed by atoms with van der Waals surface area (Å²) in [6, 6.07) is 9.33. The number of aromatic nitrogens is 5. The molecule has 3 rings (SSSR count). The number of para-hydroxylation sites is 1. The monoisotopic (exact) mass is 241 g/mol. The molecule has 0 aliphatic heterocycles. The van der Waals surface area contributed by atoms with Gasteiger partial charge in [-0.2, -0.15) is 4.68 Å². The van der Waals surface area contributed by atoms with Crippen molar-refractivity contribution >= 4 is 11.0 Å². The van der Waals surface area contributed by atoms with Crippen molar-refractivity contribution in [2.24, 2.45) is 0 Å². The van der Waals surface area contributed by atoms with Crippen LogP contribution in [0.2, 0.25) is 0 Å².